The van der Waals surface area contributed by atoms with Crippen molar-refractivity contribution in [1.82, 2.24) is 5.32 Å². The molecule has 1 N–H and O–H groups in total. The van der Waals surface area contributed by atoms with E-state index in [4.69, 9.17) is 18.9 Å². The van der Waals surface area contributed by atoms with Gasteiger partial charge in [-0.05, 0) is 12.6 Å². The van der Waals surface area contributed by atoms with Crippen molar-refractivity contribution in [3.8, 4) is 17.2 Å². The molecule has 0 aliphatic carbocycles. The highest BCUT2D eigenvalue weighted by molar-refractivity contribution is 5.53. The number of hydrogen-bond donors (Lipinski definition) is 1. The lowest BCUT2D eigenvalue weighted by atomic mass is 9.88. The van der Waals surface area contributed by atoms with Crippen molar-refractivity contribution < 1.29 is 18.9 Å². The van der Waals surface area contributed by atoms with Gasteiger partial charge in [0.1, 0.15) is 24.6 Å². The fourth-order valence-electron chi connectivity index (χ4n) is 3.34. The van der Waals surface area contributed by atoms with Crippen LogP contribution in [0.3, 0.4) is 0 Å². The molecule has 5 nitrogen and oxygen atoms in total. The van der Waals surface area contributed by atoms with E-state index in [2.05, 4.69) is 5.32 Å². The average Bonchev–Trinajstić information content (AvgIpc) is 2.92. The van der Waals surface area contributed by atoms with Gasteiger partial charge in [-0.25, -0.2) is 0 Å². The van der Waals surface area contributed by atoms with Crippen LogP contribution in [0.25, 0.3) is 0 Å². The van der Waals surface area contributed by atoms with Crippen LogP contribution in [0.1, 0.15) is 24.5 Å². The lowest BCUT2D eigenvalue weighted by Crippen LogP contribution is -2.43. The van der Waals surface area contributed by atoms with Crippen LogP contribution in [0, 0.1) is 0 Å². The minimum atomic E-state index is -0.141. The fourth-order valence-corrected chi connectivity index (χ4v) is 3.34. The Morgan fingerprint density at radius 2 is 2.00 bits per heavy atom. The summed E-state index contributed by atoms with van der Waals surface area (Å²) in [6.07, 6.45) is 1.94. The zero-order valence-electron chi connectivity index (χ0n) is 11.6. The van der Waals surface area contributed by atoms with Gasteiger partial charge in [-0.15, -0.1) is 0 Å². The summed E-state index contributed by atoms with van der Waals surface area (Å²) in [5, 5.41) is 3.38. The van der Waals surface area contributed by atoms with Crippen LogP contribution < -0.4 is 19.5 Å². The fraction of sp³-hybridized carbons (Fsp3) is 0.600. The molecule has 3 heterocycles. The molecule has 0 saturated carbocycles. The summed E-state index contributed by atoms with van der Waals surface area (Å²) < 4.78 is 23.3. The molecule has 0 bridgehead atoms. The Morgan fingerprint density at radius 1 is 1.20 bits per heavy atom. The molecule has 3 aliphatic rings. The normalized spacial score (nSPS) is 30.9. The first-order valence-corrected chi connectivity index (χ1v) is 7.16. The Hall–Kier alpha value is -1.46. The lowest BCUT2D eigenvalue weighted by Gasteiger charge is -2.39. The van der Waals surface area contributed by atoms with Gasteiger partial charge in [0.15, 0.2) is 11.5 Å². The second kappa shape index (κ2) is 4.53. The Labute approximate surface area is 118 Å². The Morgan fingerprint density at radius 3 is 2.70 bits per heavy atom. The number of fused-ring (bicyclic) bond motifs is 2. The van der Waals surface area contributed by atoms with Gasteiger partial charge in [0.25, 0.3) is 0 Å². The third-order valence-electron chi connectivity index (χ3n) is 4.39. The minimum absolute atomic E-state index is 0.0504. The maximum Gasteiger partial charge on any atom is 0.165 e. The quantitative estimate of drug-likeness (QED) is 0.846. The summed E-state index contributed by atoms with van der Waals surface area (Å²) in [4.78, 5) is 0. The highest BCUT2D eigenvalue weighted by Crippen LogP contribution is 2.48. The van der Waals surface area contributed by atoms with Crippen LogP contribution in [0.15, 0.2) is 12.1 Å². The van der Waals surface area contributed by atoms with Crippen molar-refractivity contribution in [3.63, 3.8) is 0 Å². The summed E-state index contributed by atoms with van der Waals surface area (Å²) in [6.45, 7) is 3.06. The third kappa shape index (κ3) is 1.84. The van der Waals surface area contributed by atoms with E-state index in [9.17, 15) is 0 Å². The van der Waals surface area contributed by atoms with E-state index < -0.39 is 0 Å². The van der Waals surface area contributed by atoms with Gasteiger partial charge < -0.3 is 24.3 Å². The highest BCUT2D eigenvalue weighted by atomic mass is 16.6. The molecule has 1 spiro atoms. The molecule has 2 atom stereocenters. The minimum Gasteiger partial charge on any atom is -0.486 e. The lowest BCUT2D eigenvalue weighted by molar-refractivity contribution is -0.0209. The summed E-state index contributed by atoms with van der Waals surface area (Å²) in [5.41, 5.74) is 0.923. The molecule has 5 heteroatoms. The van der Waals surface area contributed by atoms with Crippen LogP contribution in [-0.4, -0.2) is 39.0 Å². The smallest absolute Gasteiger partial charge is 0.165 e. The van der Waals surface area contributed by atoms with Gasteiger partial charge in [-0.2, -0.15) is 0 Å². The first-order chi connectivity index (χ1) is 9.80. The standard InChI is InChI=1S/C15H19NO4/c1-17-14-8-15(2-3-16-9-15)20-11-7-13-12(6-10(11)14)18-4-5-19-13/h6-7,14,16H,2-5,8-9H2,1H3. The second-order valence-electron chi connectivity index (χ2n) is 5.67. The van der Waals surface area contributed by atoms with Crippen molar-refractivity contribution in [3.05, 3.63) is 17.7 Å². The Bertz CT molecular complexity index is 525. The van der Waals surface area contributed by atoms with E-state index in [0.29, 0.717) is 13.2 Å². The van der Waals surface area contributed by atoms with Crippen molar-refractivity contribution >= 4 is 0 Å². The monoisotopic (exact) mass is 277 g/mol. The molecule has 1 saturated heterocycles. The van der Waals surface area contributed by atoms with Crippen molar-refractivity contribution in [2.45, 2.75) is 24.5 Å². The van der Waals surface area contributed by atoms with Crippen molar-refractivity contribution in [2.75, 3.05) is 33.4 Å². The molecule has 20 heavy (non-hydrogen) atoms. The second-order valence-corrected chi connectivity index (χ2v) is 5.67. The van der Waals surface area contributed by atoms with Gasteiger partial charge in [0, 0.05) is 38.1 Å². The van der Waals surface area contributed by atoms with Crippen molar-refractivity contribution in [2.24, 2.45) is 0 Å². The van der Waals surface area contributed by atoms with Crippen LogP contribution in [0.2, 0.25) is 0 Å². The summed E-state index contributed by atoms with van der Waals surface area (Å²) in [5.74, 6) is 2.44. The van der Waals surface area contributed by atoms with E-state index >= 15 is 0 Å². The number of methoxy groups -OCH3 is 1. The molecule has 1 aromatic carbocycles. The van der Waals surface area contributed by atoms with Crippen LogP contribution in [-0.2, 0) is 4.74 Å². The van der Waals surface area contributed by atoms with Crippen LogP contribution in [0.5, 0.6) is 17.2 Å². The van der Waals surface area contributed by atoms with E-state index in [1.54, 1.807) is 7.11 Å². The van der Waals surface area contributed by atoms with Crippen molar-refractivity contribution in [1.29, 1.82) is 0 Å². The molecule has 3 aliphatic heterocycles. The average molecular weight is 277 g/mol. The summed E-state index contributed by atoms with van der Waals surface area (Å²) in [6, 6.07) is 3.96. The Kier molecular flexibility index (Phi) is 2.79. The summed E-state index contributed by atoms with van der Waals surface area (Å²) in [7, 11) is 1.76. The molecule has 2 unspecified atom stereocenters. The third-order valence-corrected chi connectivity index (χ3v) is 4.39. The van der Waals surface area contributed by atoms with Gasteiger partial charge in [-0.3, -0.25) is 0 Å². The highest BCUT2D eigenvalue weighted by Gasteiger charge is 2.44. The molecular formula is C15H19NO4. The first-order valence-electron chi connectivity index (χ1n) is 7.16. The molecule has 1 fully saturated rings. The maximum absolute atomic E-state index is 6.30. The molecule has 108 valence electrons. The molecule has 0 aromatic heterocycles. The first kappa shape index (κ1) is 12.3. The predicted molar refractivity (Wildman–Crippen MR) is 72.6 cm³/mol. The van der Waals surface area contributed by atoms with Gasteiger partial charge in [0.05, 0.1) is 6.10 Å². The molecule has 0 amide bonds. The van der Waals surface area contributed by atoms with E-state index in [1.807, 2.05) is 12.1 Å². The summed E-state index contributed by atoms with van der Waals surface area (Å²) >= 11 is 0. The predicted octanol–water partition coefficient (Wildman–Crippen LogP) is 1.66. The number of nitrogens with one attached hydrogen (secondary N) is 1. The molecule has 1 aromatic rings. The van der Waals surface area contributed by atoms with E-state index in [1.165, 1.54) is 0 Å². The van der Waals surface area contributed by atoms with Gasteiger partial charge >= 0.3 is 0 Å². The number of hydrogen-bond acceptors (Lipinski definition) is 5. The molecule has 0 radical (unpaired) electrons. The van der Waals surface area contributed by atoms with E-state index in [-0.39, 0.29) is 11.7 Å². The van der Waals surface area contributed by atoms with Crippen LogP contribution >= 0.6 is 0 Å². The topological polar surface area (TPSA) is 49.0 Å². The SMILES string of the molecule is COC1CC2(CCNC2)Oc2cc3c(cc21)OCCO3. The van der Waals surface area contributed by atoms with Gasteiger partial charge in [0.2, 0.25) is 0 Å². The molecular weight excluding hydrogens is 258 g/mol. The number of benzene rings is 1. The zero-order chi connectivity index (χ0) is 13.6. The van der Waals surface area contributed by atoms with E-state index in [0.717, 1.165) is 48.7 Å². The maximum atomic E-state index is 6.30. The Balaban J connectivity index is 1.76. The molecule has 4 rings (SSSR count). The van der Waals surface area contributed by atoms with Gasteiger partial charge in [-0.1, -0.05) is 0 Å². The number of ether oxygens (including phenoxy) is 4. The largest absolute Gasteiger partial charge is 0.486 e. The number of rotatable bonds is 1. The van der Waals surface area contributed by atoms with Crippen LogP contribution in [0.4, 0.5) is 0 Å². The zero-order valence-corrected chi connectivity index (χ0v) is 11.6.